The third-order valence-electron chi connectivity index (χ3n) is 7.82. The van der Waals surface area contributed by atoms with E-state index in [2.05, 4.69) is 15.2 Å². The average Bonchev–Trinajstić information content (AvgIpc) is 2.99. The van der Waals surface area contributed by atoms with Gasteiger partial charge >= 0.3 is 6.09 Å². The van der Waals surface area contributed by atoms with E-state index < -0.39 is 21.7 Å². The van der Waals surface area contributed by atoms with Crippen molar-refractivity contribution in [3.05, 3.63) is 65.9 Å². The highest BCUT2D eigenvalue weighted by atomic mass is 35.5. The zero-order chi connectivity index (χ0) is 29.7. The monoisotopic (exact) mass is 615 g/mol. The number of hydrogen-bond acceptors (Lipinski definition) is 8. The van der Waals surface area contributed by atoms with Crippen LogP contribution < -0.4 is 10.2 Å². The SMILES string of the molecule is COCCOC(=O)NC1(CN2CCN(S(=O)(=O)c3ccc4cc(Cl)ccc4c3)CC2=O)CCN(c2ccncc2)CC1. The number of benzene rings is 2. The number of rotatable bonds is 9. The van der Waals surface area contributed by atoms with Crippen molar-refractivity contribution in [1.82, 2.24) is 19.5 Å². The maximum absolute atomic E-state index is 13.5. The van der Waals surface area contributed by atoms with Gasteiger partial charge in [0, 0.05) is 62.9 Å². The van der Waals surface area contributed by atoms with Gasteiger partial charge in [0.15, 0.2) is 0 Å². The minimum Gasteiger partial charge on any atom is -0.447 e. The molecule has 0 saturated carbocycles. The number of pyridine rings is 1. The number of sulfonamides is 1. The lowest BCUT2D eigenvalue weighted by atomic mass is 9.86. The van der Waals surface area contributed by atoms with Crippen LogP contribution in [0.25, 0.3) is 10.8 Å². The Morgan fingerprint density at radius 2 is 1.71 bits per heavy atom. The third-order valence-corrected chi connectivity index (χ3v) is 9.90. The fourth-order valence-electron chi connectivity index (χ4n) is 5.47. The second-order valence-corrected chi connectivity index (χ2v) is 12.9. The highest BCUT2D eigenvalue weighted by molar-refractivity contribution is 7.89. The number of carbonyl (C=O) groups excluding carboxylic acids is 2. The molecule has 0 atom stereocenters. The molecule has 2 aromatic carbocycles. The topological polar surface area (TPSA) is 121 Å². The number of piperidine rings is 1. The average molecular weight is 616 g/mol. The van der Waals surface area contributed by atoms with Gasteiger partial charge in [0.05, 0.1) is 23.6 Å². The van der Waals surface area contributed by atoms with Gasteiger partial charge in [-0.05, 0) is 60.0 Å². The molecule has 2 fully saturated rings. The molecule has 13 heteroatoms. The number of aromatic nitrogens is 1. The summed E-state index contributed by atoms with van der Waals surface area (Å²) in [7, 11) is -2.37. The predicted octanol–water partition coefficient (Wildman–Crippen LogP) is 3.13. The van der Waals surface area contributed by atoms with Crippen molar-refractivity contribution in [1.29, 1.82) is 0 Å². The molecule has 0 spiro atoms. The van der Waals surface area contributed by atoms with Gasteiger partial charge < -0.3 is 24.6 Å². The van der Waals surface area contributed by atoms with Crippen LogP contribution in [-0.2, 0) is 24.3 Å². The van der Waals surface area contributed by atoms with E-state index in [1.165, 1.54) is 17.5 Å². The number of amides is 2. The van der Waals surface area contributed by atoms with E-state index in [1.807, 2.05) is 12.1 Å². The number of anilines is 1. The molecule has 11 nitrogen and oxygen atoms in total. The number of halogens is 1. The number of nitrogens with one attached hydrogen (secondary N) is 1. The number of methoxy groups -OCH3 is 1. The lowest BCUT2D eigenvalue weighted by Gasteiger charge is -2.46. The summed E-state index contributed by atoms with van der Waals surface area (Å²) in [6.45, 7) is 2.01. The molecule has 3 aromatic rings. The molecule has 1 aromatic heterocycles. The van der Waals surface area contributed by atoms with Crippen LogP contribution in [0.2, 0.25) is 5.02 Å². The quantitative estimate of drug-likeness (QED) is 0.365. The molecule has 0 bridgehead atoms. The predicted molar refractivity (Wildman–Crippen MR) is 159 cm³/mol. The fourth-order valence-corrected chi connectivity index (χ4v) is 7.07. The zero-order valence-electron chi connectivity index (χ0n) is 23.4. The standard InChI is InChI=1S/C29H34ClN5O6S/c1-40-16-17-41-28(37)32-29(8-12-33(13-9-29)25-6-10-31-11-7-25)21-34-14-15-35(20-27(34)36)42(38,39)26-5-3-22-18-24(30)4-2-23(22)19-26/h2-7,10-11,18-19H,8-9,12-17,20-21H2,1H3,(H,32,37). The summed E-state index contributed by atoms with van der Waals surface area (Å²) in [6.07, 6.45) is 4.05. The van der Waals surface area contributed by atoms with Gasteiger partial charge in [0.25, 0.3) is 0 Å². The van der Waals surface area contributed by atoms with Gasteiger partial charge in [-0.1, -0.05) is 23.7 Å². The highest BCUT2D eigenvalue weighted by Crippen LogP contribution is 2.29. The van der Waals surface area contributed by atoms with E-state index >= 15 is 0 Å². The van der Waals surface area contributed by atoms with Crippen LogP contribution in [0.4, 0.5) is 10.5 Å². The summed E-state index contributed by atoms with van der Waals surface area (Å²) in [4.78, 5) is 34.1. The number of hydrogen-bond donors (Lipinski definition) is 1. The molecular formula is C29H34ClN5O6S. The van der Waals surface area contributed by atoms with Crippen molar-refractivity contribution in [3.63, 3.8) is 0 Å². The Hall–Kier alpha value is -3.45. The van der Waals surface area contributed by atoms with Crippen molar-refractivity contribution < 1.29 is 27.5 Å². The molecule has 0 aliphatic carbocycles. The largest absolute Gasteiger partial charge is 0.447 e. The van der Waals surface area contributed by atoms with Crippen LogP contribution in [0.1, 0.15) is 12.8 Å². The summed E-state index contributed by atoms with van der Waals surface area (Å²) >= 11 is 6.06. The van der Waals surface area contributed by atoms with Gasteiger partial charge in [-0.25, -0.2) is 13.2 Å². The van der Waals surface area contributed by atoms with E-state index in [0.717, 1.165) is 16.5 Å². The van der Waals surface area contributed by atoms with Gasteiger partial charge in [0.1, 0.15) is 6.61 Å². The highest BCUT2D eigenvalue weighted by Gasteiger charge is 2.41. The summed E-state index contributed by atoms with van der Waals surface area (Å²) in [5, 5.41) is 5.17. The molecule has 42 heavy (non-hydrogen) atoms. The van der Waals surface area contributed by atoms with Gasteiger partial charge in [0.2, 0.25) is 15.9 Å². The molecule has 3 heterocycles. The Morgan fingerprint density at radius 1 is 1.00 bits per heavy atom. The molecular weight excluding hydrogens is 582 g/mol. The van der Waals surface area contributed by atoms with E-state index in [1.54, 1.807) is 47.6 Å². The Morgan fingerprint density at radius 3 is 2.43 bits per heavy atom. The van der Waals surface area contributed by atoms with Crippen molar-refractivity contribution in [3.8, 4) is 0 Å². The number of carbonyl (C=O) groups is 2. The second-order valence-electron chi connectivity index (χ2n) is 10.5. The Kier molecular flexibility index (Phi) is 9.16. The summed E-state index contributed by atoms with van der Waals surface area (Å²) in [5.74, 6) is -0.317. The van der Waals surface area contributed by atoms with Gasteiger partial charge in [-0.2, -0.15) is 4.31 Å². The van der Waals surface area contributed by atoms with Crippen LogP contribution in [0, 0.1) is 0 Å². The first-order valence-corrected chi connectivity index (χ1v) is 15.6. The lowest BCUT2D eigenvalue weighted by Crippen LogP contribution is -2.64. The summed E-state index contributed by atoms with van der Waals surface area (Å²) in [5.41, 5.74) is 0.303. The van der Waals surface area contributed by atoms with E-state index in [4.69, 9.17) is 21.1 Å². The maximum atomic E-state index is 13.5. The van der Waals surface area contributed by atoms with Crippen LogP contribution in [0.5, 0.6) is 0 Å². The fraction of sp³-hybridized carbons (Fsp3) is 0.414. The molecule has 224 valence electrons. The molecule has 0 unspecified atom stereocenters. The van der Waals surface area contributed by atoms with Crippen LogP contribution in [0.3, 0.4) is 0 Å². The second kappa shape index (κ2) is 12.8. The molecule has 2 aliphatic rings. The van der Waals surface area contributed by atoms with Gasteiger partial charge in [-0.15, -0.1) is 0 Å². The first kappa shape index (κ1) is 30.0. The van der Waals surface area contributed by atoms with Crippen molar-refractivity contribution >= 4 is 50.1 Å². The molecule has 2 amide bonds. The van der Waals surface area contributed by atoms with Crippen molar-refractivity contribution in [2.24, 2.45) is 0 Å². The Labute approximate surface area is 250 Å². The van der Waals surface area contributed by atoms with E-state index in [9.17, 15) is 18.0 Å². The normalized spacial score (nSPS) is 17.8. The molecule has 2 aliphatic heterocycles. The summed E-state index contributed by atoms with van der Waals surface area (Å²) in [6, 6.07) is 14.0. The Bertz CT molecular complexity index is 1530. The number of fused-ring (bicyclic) bond motifs is 1. The molecule has 2 saturated heterocycles. The minimum absolute atomic E-state index is 0.110. The number of ether oxygens (including phenoxy) is 2. The zero-order valence-corrected chi connectivity index (χ0v) is 24.9. The smallest absolute Gasteiger partial charge is 0.407 e. The van der Waals surface area contributed by atoms with E-state index in [0.29, 0.717) is 31.0 Å². The van der Waals surface area contributed by atoms with Crippen LogP contribution in [0.15, 0.2) is 65.8 Å². The Balaban J connectivity index is 1.28. The first-order valence-electron chi connectivity index (χ1n) is 13.8. The minimum atomic E-state index is -3.90. The molecule has 0 radical (unpaired) electrons. The first-order chi connectivity index (χ1) is 20.2. The van der Waals surface area contributed by atoms with Crippen molar-refractivity contribution in [2.75, 3.05) is 64.5 Å². The van der Waals surface area contributed by atoms with Gasteiger partial charge in [-0.3, -0.25) is 9.78 Å². The number of nitrogens with zero attached hydrogens (tertiary/aromatic N) is 4. The van der Waals surface area contributed by atoms with Crippen molar-refractivity contribution in [2.45, 2.75) is 23.3 Å². The summed E-state index contributed by atoms with van der Waals surface area (Å²) < 4.78 is 38.4. The lowest BCUT2D eigenvalue weighted by molar-refractivity contribution is -0.135. The molecule has 1 N–H and O–H groups in total. The molecule has 5 rings (SSSR count). The van der Waals surface area contributed by atoms with Crippen LogP contribution in [-0.4, -0.2) is 99.7 Å². The maximum Gasteiger partial charge on any atom is 0.407 e. The number of piperazine rings is 1. The van der Waals surface area contributed by atoms with Crippen LogP contribution >= 0.6 is 11.6 Å². The van der Waals surface area contributed by atoms with E-state index in [-0.39, 0.29) is 50.2 Å². The number of alkyl carbamates (subject to hydrolysis) is 1. The third kappa shape index (κ3) is 6.78.